The first-order valence-electron chi connectivity index (χ1n) is 13.8. The maximum absolute atomic E-state index is 12.2. The zero-order chi connectivity index (χ0) is 26.8. The Bertz CT molecular complexity index is 1560. The van der Waals surface area contributed by atoms with E-state index in [1.807, 2.05) is 46.7 Å². The van der Waals surface area contributed by atoms with Crippen LogP contribution in [0.15, 0.2) is 60.7 Å². The van der Waals surface area contributed by atoms with E-state index in [0.717, 1.165) is 66.9 Å². The Morgan fingerprint density at radius 2 is 1.87 bits per heavy atom. The minimum atomic E-state index is -0.0375. The first-order valence-corrected chi connectivity index (χ1v) is 13.8. The normalized spacial score (nSPS) is 17.1. The number of benzene rings is 2. The molecule has 39 heavy (non-hydrogen) atoms. The smallest absolute Gasteiger partial charge is 0.298 e. The molecule has 2 aliphatic rings. The van der Waals surface area contributed by atoms with Gasteiger partial charge in [0.15, 0.2) is 5.65 Å². The Labute approximate surface area is 229 Å². The van der Waals surface area contributed by atoms with Crippen molar-refractivity contribution in [2.75, 3.05) is 20.2 Å². The maximum Gasteiger partial charge on any atom is 0.298 e. The molecule has 0 bridgehead atoms. The van der Waals surface area contributed by atoms with E-state index < -0.39 is 0 Å². The quantitative estimate of drug-likeness (QED) is 0.374. The van der Waals surface area contributed by atoms with Gasteiger partial charge in [0.2, 0.25) is 5.88 Å². The SMILES string of the molecule is CCC#CC(=O)N1CCC(N[C@H]2CCc3cc(-c4nc5ccc(OC)nn5c4-c4ccccc4)ccc32)CC1. The number of carbonyl (C=O) groups is 1. The number of fused-ring (bicyclic) bond motifs is 2. The summed E-state index contributed by atoms with van der Waals surface area (Å²) in [5.41, 5.74) is 7.57. The number of hydrogen-bond donors (Lipinski definition) is 1. The average Bonchev–Trinajstić information content (AvgIpc) is 3.57. The zero-order valence-electron chi connectivity index (χ0n) is 22.5. The van der Waals surface area contributed by atoms with Crippen molar-refractivity contribution in [1.82, 2.24) is 24.8 Å². The fourth-order valence-electron chi connectivity index (χ4n) is 5.80. The second kappa shape index (κ2) is 10.9. The maximum atomic E-state index is 12.2. The third-order valence-electron chi connectivity index (χ3n) is 7.79. The van der Waals surface area contributed by atoms with Crippen LogP contribution >= 0.6 is 0 Å². The Kier molecular flexibility index (Phi) is 7.04. The Morgan fingerprint density at radius 3 is 2.64 bits per heavy atom. The molecule has 2 aromatic heterocycles. The summed E-state index contributed by atoms with van der Waals surface area (Å²) >= 11 is 0. The molecule has 0 spiro atoms. The number of nitrogens with one attached hydrogen (secondary N) is 1. The van der Waals surface area contributed by atoms with Crippen LogP contribution < -0.4 is 10.1 Å². The summed E-state index contributed by atoms with van der Waals surface area (Å²) in [4.78, 5) is 19.1. The van der Waals surface area contributed by atoms with Gasteiger partial charge in [0.25, 0.3) is 5.91 Å². The van der Waals surface area contributed by atoms with Crippen LogP contribution in [-0.2, 0) is 11.2 Å². The highest BCUT2D eigenvalue weighted by Gasteiger charge is 2.29. The van der Waals surface area contributed by atoms with E-state index >= 15 is 0 Å². The van der Waals surface area contributed by atoms with E-state index in [4.69, 9.17) is 9.72 Å². The summed E-state index contributed by atoms with van der Waals surface area (Å²) in [6, 6.07) is 21.6. The molecule has 7 heteroatoms. The van der Waals surface area contributed by atoms with Gasteiger partial charge in [0, 0.05) is 48.8 Å². The molecule has 1 fully saturated rings. The highest BCUT2D eigenvalue weighted by Crippen LogP contribution is 2.38. The molecule has 0 unspecified atom stereocenters. The molecule has 2 aromatic carbocycles. The van der Waals surface area contributed by atoms with E-state index in [1.165, 1.54) is 11.1 Å². The Balaban J connectivity index is 1.24. The predicted octanol–water partition coefficient (Wildman–Crippen LogP) is 5.05. The first kappa shape index (κ1) is 25.1. The Morgan fingerprint density at radius 1 is 1.05 bits per heavy atom. The van der Waals surface area contributed by atoms with Crippen LogP contribution in [0.3, 0.4) is 0 Å². The van der Waals surface area contributed by atoms with Gasteiger partial charge in [-0.2, -0.15) is 0 Å². The van der Waals surface area contributed by atoms with Crippen molar-refractivity contribution in [3.05, 3.63) is 71.8 Å². The topological polar surface area (TPSA) is 71.8 Å². The van der Waals surface area contributed by atoms with Gasteiger partial charge in [0.05, 0.1) is 12.8 Å². The molecule has 1 aliphatic carbocycles. The van der Waals surface area contributed by atoms with Gasteiger partial charge >= 0.3 is 0 Å². The molecule has 0 saturated carbocycles. The lowest BCUT2D eigenvalue weighted by Crippen LogP contribution is -2.45. The summed E-state index contributed by atoms with van der Waals surface area (Å²) in [6.07, 6.45) is 4.74. The van der Waals surface area contributed by atoms with Crippen molar-refractivity contribution >= 4 is 11.6 Å². The molecular formula is C32H33N5O2. The van der Waals surface area contributed by atoms with E-state index in [-0.39, 0.29) is 5.91 Å². The summed E-state index contributed by atoms with van der Waals surface area (Å²) in [6.45, 7) is 3.50. The number of likely N-dealkylation sites (tertiary alicyclic amines) is 1. The van der Waals surface area contributed by atoms with Gasteiger partial charge < -0.3 is 15.0 Å². The molecule has 1 aliphatic heterocycles. The van der Waals surface area contributed by atoms with Crippen molar-refractivity contribution in [2.45, 2.75) is 51.1 Å². The first-order chi connectivity index (χ1) is 19.1. The van der Waals surface area contributed by atoms with Crippen LogP contribution in [0.4, 0.5) is 0 Å². The molecule has 7 nitrogen and oxygen atoms in total. The van der Waals surface area contributed by atoms with E-state index in [9.17, 15) is 4.79 Å². The molecule has 1 amide bonds. The van der Waals surface area contributed by atoms with Gasteiger partial charge in [-0.25, -0.2) is 9.50 Å². The van der Waals surface area contributed by atoms with Gasteiger partial charge in [-0.3, -0.25) is 4.79 Å². The molecular weight excluding hydrogens is 486 g/mol. The number of piperidine rings is 1. The van der Waals surface area contributed by atoms with E-state index in [2.05, 4.69) is 52.6 Å². The molecule has 1 saturated heterocycles. The van der Waals surface area contributed by atoms with Crippen LogP contribution in [-0.4, -0.2) is 51.6 Å². The van der Waals surface area contributed by atoms with Crippen molar-refractivity contribution < 1.29 is 9.53 Å². The number of aromatic nitrogens is 3. The summed E-state index contributed by atoms with van der Waals surface area (Å²) in [7, 11) is 1.63. The molecule has 1 atom stereocenters. The van der Waals surface area contributed by atoms with Gasteiger partial charge in [-0.15, -0.1) is 5.10 Å². The van der Waals surface area contributed by atoms with Crippen molar-refractivity contribution in [2.24, 2.45) is 0 Å². The number of nitrogens with zero attached hydrogens (tertiary/aromatic N) is 4. The number of imidazole rings is 1. The highest BCUT2D eigenvalue weighted by molar-refractivity contribution is 5.93. The number of aryl methyl sites for hydroxylation is 1. The van der Waals surface area contributed by atoms with E-state index in [1.54, 1.807) is 7.11 Å². The molecule has 1 N–H and O–H groups in total. The van der Waals surface area contributed by atoms with Crippen molar-refractivity contribution in [1.29, 1.82) is 0 Å². The zero-order valence-corrected chi connectivity index (χ0v) is 22.5. The third kappa shape index (κ3) is 5.00. The summed E-state index contributed by atoms with van der Waals surface area (Å²) in [5.74, 6) is 6.16. The summed E-state index contributed by atoms with van der Waals surface area (Å²) in [5, 5.41) is 8.58. The second-order valence-electron chi connectivity index (χ2n) is 10.2. The lowest BCUT2D eigenvalue weighted by atomic mass is 9.99. The van der Waals surface area contributed by atoms with Gasteiger partial charge in [-0.05, 0) is 54.9 Å². The van der Waals surface area contributed by atoms with Crippen molar-refractivity contribution in [3.8, 4) is 40.2 Å². The number of carbonyl (C=O) groups excluding carboxylic acids is 1. The van der Waals surface area contributed by atoms with Crippen LogP contribution in [0.5, 0.6) is 5.88 Å². The fraction of sp³-hybridized carbons (Fsp3) is 0.344. The Hall–Kier alpha value is -4.15. The number of rotatable bonds is 5. The molecule has 3 heterocycles. The number of methoxy groups -OCH3 is 1. The molecule has 0 radical (unpaired) electrons. The van der Waals surface area contributed by atoms with Gasteiger partial charge in [-0.1, -0.05) is 55.3 Å². The number of hydrogen-bond acceptors (Lipinski definition) is 5. The number of amides is 1. The minimum Gasteiger partial charge on any atom is -0.480 e. The predicted molar refractivity (Wildman–Crippen MR) is 152 cm³/mol. The second-order valence-corrected chi connectivity index (χ2v) is 10.2. The van der Waals surface area contributed by atoms with Crippen LogP contribution in [0.1, 0.15) is 49.8 Å². The minimum absolute atomic E-state index is 0.0375. The van der Waals surface area contributed by atoms with Gasteiger partial charge in [0.1, 0.15) is 5.69 Å². The van der Waals surface area contributed by atoms with Crippen LogP contribution in [0.25, 0.3) is 28.2 Å². The molecule has 6 rings (SSSR count). The largest absolute Gasteiger partial charge is 0.480 e. The summed E-state index contributed by atoms with van der Waals surface area (Å²) < 4.78 is 7.28. The lowest BCUT2D eigenvalue weighted by molar-refractivity contribution is -0.126. The van der Waals surface area contributed by atoms with Crippen LogP contribution in [0, 0.1) is 11.8 Å². The molecule has 198 valence electrons. The average molecular weight is 520 g/mol. The van der Waals surface area contributed by atoms with Crippen molar-refractivity contribution in [3.63, 3.8) is 0 Å². The third-order valence-corrected chi connectivity index (χ3v) is 7.79. The molecule has 4 aromatic rings. The highest BCUT2D eigenvalue weighted by atomic mass is 16.5. The number of ether oxygens (including phenoxy) is 1. The monoisotopic (exact) mass is 519 g/mol. The lowest BCUT2D eigenvalue weighted by Gasteiger charge is -2.33. The van der Waals surface area contributed by atoms with Crippen LogP contribution in [0.2, 0.25) is 0 Å². The fourth-order valence-corrected chi connectivity index (χ4v) is 5.80. The van der Waals surface area contributed by atoms with E-state index in [0.29, 0.717) is 24.4 Å². The standard InChI is InChI=1S/C32H33N5O2/c1-3-4-10-30(38)36-19-17-25(18-20-36)33-27-14-12-23-21-24(11-13-26(23)27)31-32(22-8-6-5-7-9-22)37-28(34-31)15-16-29(35-37)39-2/h5-9,11,13,15-16,21,25,27,33H,3,12,14,17-20H2,1-2H3/t27-/m0/s1.